The van der Waals surface area contributed by atoms with Gasteiger partial charge in [-0.25, -0.2) is 8.42 Å². The van der Waals surface area contributed by atoms with Crippen LogP contribution in [0.1, 0.15) is 5.56 Å². The maximum atomic E-state index is 12.6. The van der Waals surface area contributed by atoms with Gasteiger partial charge < -0.3 is 19.5 Å². The number of amides is 1. The molecule has 0 radical (unpaired) electrons. The van der Waals surface area contributed by atoms with E-state index < -0.39 is 10.0 Å². The second-order valence-corrected chi connectivity index (χ2v) is 9.83. The fourth-order valence-electron chi connectivity index (χ4n) is 2.81. The number of rotatable bonds is 10. The molecule has 0 aliphatic heterocycles. The highest BCUT2D eigenvalue weighted by molar-refractivity contribution is 7.94. The van der Waals surface area contributed by atoms with E-state index in [9.17, 15) is 13.2 Å². The van der Waals surface area contributed by atoms with Gasteiger partial charge in [0.1, 0.15) is 21.5 Å². The van der Waals surface area contributed by atoms with Crippen LogP contribution in [-0.2, 0) is 21.4 Å². The van der Waals surface area contributed by atoms with Gasteiger partial charge in [-0.3, -0.25) is 9.10 Å². The Hall–Kier alpha value is -3.24. The van der Waals surface area contributed by atoms with Gasteiger partial charge in [-0.15, -0.1) is 11.3 Å². The number of sulfonamides is 1. The number of benzene rings is 2. The zero-order valence-electron chi connectivity index (χ0n) is 17.9. The molecule has 3 aromatic rings. The first-order chi connectivity index (χ1) is 15.3. The van der Waals surface area contributed by atoms with Gasteiger partial charge in [0.2, 0.25) is 0 Å². The highest BCUT2D eigenvalue weighted by atomic mass is 32.2. The van der Waals surface area contributed by atoms with Crippen LogP contribution in [0.4, 0.5) is 5.69 Å². The molecule has 0 spiro atoms. The molecule has 8 nitrogen and oxygen atoms in total. The van der Waals surface area contributed by atoms with Gasteiger partial charge in [0.15, 0.2) is 6.61 Å². The van der Waals surface area contributed by atoms with Gasteiger partial charge >= 0.3 is 0 Å². The van der Waals surface area contributed by atoms with Crippen molar-refractivity contribution in [3.8, 4) is 17.2 Å². The molecule has 0 aliphatic rings. The van der Waals surface area contributed by atoms with Crippen LogP contribution in [0.2, 0.25) is 0 Å². The highest BCUT2D eigenvalue weighted by Gasteiger charge is 2.22. The van der Waals surface area contributed by atoms with Crippen LogP contribution in [0.5, 0.6) is 17.2 Å². The number of thiophene rings is 1. The molecule has 1 N–H and O–H groups in total. The SMILES string of the molecule is COc1cc(CNC(=O)COc2ccc(N(C)S(=O)(=O)c3cccs3)cc2)cc(OC)c1. The molecule has 2 aromatic carbocycles. The molecule has 0 atom stereocenters. The summed E-state index contributed by atoms with van der Waals surface area (Å²) >= 11 is 1.16. The smallest absolute Gasteiger partial charge is 0.273 e. The van der Waals surface area contributed by atoms with Crippen molar-refractivity contribution >= 4 is 33.0 Å². The number of hydrogen-bond acceptors (Lipinski definition) is 7. The topological polar surface area (TPSA) is 94.2 Å². The second kappa shape index (κ2) is 10.4. The van der Waals surface area contributed by atoms with Crippen LogP contribution in [0.3, 0.4) is 0 Å². The minimum absolute atomic E-state index is 0.177. The van der Waals surface area contributed by atoms with Gasteiger partial charge in [-0.05, 0) is 53.4 Å². The minimum atomic E-state index is -3.60. The summed E-state index contributed by atoms with van der Waals surface area (Å²) in [4.78, 5) is 12.2. The Balaban J connectivity index is 1.53. The van der Waals surface area contributed by atoms with E-state index in [4.69, 9.17) is 14.2 Å². The maximum absolute atomic E-state index is 12.6. The van der Waals surface area contributed by atoms with Crippen LogP contribution >= 0.6 is 11.3 Å². The lowest BCUT2D eigenvalue weighted by Crippen LogP contribution is -2.28. The van der Waals surface area contributed by atoms with Crippen molar-refractivity contribution < 1.29 is 27.4 Å². The Morgan fingerprint density at radius 2 is 1.66 bits per heavy atom. The molecule has 0 saturated heterocycles. The Labute approximate surface area is 191 Å². The zero-order chi connectivity index (χ0) is 23.1. The number of hydrogen-bond donors (Lipinski definition) is 1. The van der Waals surface area contributed by atoms with E-state index in [2.05, 4.69) is 5.32 Å². The number of carbonyl (C=O) groups is 1. The summed E-state index contributed by atoms with van der Waals surface area (Å²) < 4.78 is 42.6. The highest BCUT2D eigenvalue weighted by Crippen LogP contribution is 2.26. The summed E-state index contributed by atoms with van der Waals surface area (Å²) in [5.74, 6) is 1.43. The molecular weight excluding hydrogens is 452 g/mol. The molecule has 0 saturated carbocycles. The third kappa shape index (κ3) is 5.71. The first-order valence-electron chi connectivity index (χ1n) is 9.57. The number of anilines is 1. The molecule has 3 rings (SSSR count). The van der Waals surface area contributed by atoms with Crippen molar-refractivity contribution in [3.05, 3.63) is 65.5 Å². The van der Waals surface area contributed by atoms with Crippen molar-refractivity contribution in [2.75, 3.05) is 32.2 Å². The first kappa shape index (κ1) is 23.4. The second-order valence-electron chi connectivity index (χ2n) is 6.68. The Bertz CT molecular complexity index is 1120. The molecule has 10 heteroatoms. The molecule has 0 unspecified atom stereocenters. The molecule has 32 heavy (non-hydrogen) atoms. The summed E-state index contributed by atoms with van der Waals surface area (Å²) in [7, 11) is 1.01. The Morgan fingerprint density at radius 1 is 1.00 bits per heavy atom. The van der Waals surface area contributed by atoms with Crippen LogP contribution < -0.4 is 23.8 Å². The van der Waals surface area contributed by atoms with E-state index in [1.54, 1.807) is 62.1 Å². The van der Waals surface area contributed by atoms with Crippen molar-refractivity contribution in [3.63, 3.8) is 0 Å². The summed E-state index contributed by atoms with van der Waals surface area (Å²) in [6, 6.07) is 15.1. The lowest BCUT2D eigenvalue weighted by atomic mass is 10.2. The fraction of sp³-hybridized carbons (Fsp3) is 0.227. The third-order valence-corrected chi connectivity index (χ3v) is 7.74. The van der Waals surface area contributed by atoms with E-state index in [-0.39, 0.29) is 16.7 Å². The van der Waals surface area contributed by atoms with Crippen LogP contribution in [0.15, 0.2) is 64.2 Å². The number of nitrogens with one attached hydrogen (secondary N) is 1. The molecule has 0 bridgehead atoms. The van der Waals surface area contributed by atoms with Crippen molar-refractivity contribution in [2.45, 2.75) is 10.8 Å². The molecule has 0 fully saturated rings. The van der Waals surface area contributed by atoms with Gasteiger partial charge in [-0.2, -0.15) is 0 Å². The van der Waals surface area contributed by atoms with Gasteiger partial charge in [-0.1, -0.05) is 6.07 Å². The normalized spacial score (nSPS) is 11.0. The van der Waals surface area contributed by atoms with Gasteiger partial charge in [0.05, 0.1) is 19.9 Å². The third-order valence-electron chi connectivity index (χ3n) is 4.58. The summed E-state index contributed by atoms with van der Waals surface area (Å²) in [6.07, 6.45) is 0. The van der Waals surface area contributed by atoms with Gasteiger partial charge in [0, 0.05) is 19.7 Å². The molecule has 1 aromatic heterocycles. The summed E-state index contributed by atoms with van der Waals surface area (Å²) in [5.41, 5.74) is 1.32. The summed E-state index contributed by atoms with van der Waals surface area (Å²) in [5, 5.41) is 4.49. The number of ether oxygens (including phenoxy) is 3. The van der Waals surface area contributed by atoms with E-state index in [0.29, 0.717) is 29.5 Å². The van der Waals surface area contributed by atoms with Crippen LogP contribution in [0, 0.1) is 0 Å². The number of carbonyl (C=O) groups excluding carboxylic acids is 1. The van der Waals surface area contributed by atoms with E-state index >= 15 is 0 Å². The Morgan fingerprint density at radius 3 is 2.22 bits per heavy atom. The van der Waals surface area contributed by atoms with Crippen molar-refractivity contribution in [2.24, 2.45) is 0 Å². The predicted octanol–water partition coefficient (Wildman–Crippen LogP) is 3.29. The van der Waals surface area contributed by atoms with E-state index in [1.165, 1.54) is 11.4 Å². The molecular formula is C22H24N2O6S2. The standard InChI is InChI=1S/C22H24N2O6S2/c1-24(32(26,27)22-5-4-10-31-22)17-6-8-18(9-7-17)30-15-21(25)23-14-16-11-19(28-2)13-20(12-16)29-3/h4-13H,14-15H2,1-3H3,(H,23,25). The van der Waals surface area contributed by atoms with Gasteiger partial charge in [0.25, 0.3) is 15.9 Å². The van der Waals surface area contributed by atoms with Crippen LogP contribution in [-0.4, -0.2) is 42.2 Å². The summed E-state index contributed by atoms with van der Waals surface area (Å²) in [6.45, 7) is 0.115. The fourth-order valence-corrected chi connectivity index (χ4v) is 5.16. The lowest BCUT2D eigenvalue weighted by Gasteiger charge is -2.18. The average molecular weight is 477 g/mol. The largest absolute Gasteiger partial charge is 0.497 e. The number of nitrogens with zero attached hydrogens (tertiary/aromatic N) is 1. The molecule has 1 amide bonds. The van der Waals surface area contributed by atoms with Crippen molar-refractivity contribution in [1.82, 2.24) is 5.32 Å². The monoisotopic (exact) mass is 476 g/mol. The lowest BCUT2D eigenvalue weighted by molar-refractivity contribution is -0.123. The Kier molecular flexibility index (Phi) is 7.60. The maximum Gasteiger partial charge on any atom is 0.273 e. The predicted molar refractivity (Wildman–Crippen MR) is 123 cm³/mol. The zero-order valence-corrected chi connectivity index (χ0v) is 19.5. The average Bonchev–Trinajstić information content (AvgIpc) is 3.37. The first-order valence-corrected chi connectivity index (χ1v) is 11.9. The minimum Gasteiger partial charge on any atom is -0.497 e. The van der Waals surface area contributed by atoms with Crippen LogP contribution in [0.25, 0.3) is 0 Å². The quantitative estimate of drug-likeness (QED) is 0.483. The van der Waals surface area contributed by atoms with E-state index in [1.807, 2.05) is 12.1 Å². The van der Waals surface area contributed by atoms with Crippen molar-refractivity contribution in [1.29, 1.82) is 0 Å². The number of methoxy groups -OCH3 is 2. The molecule has 0 aliphatic carbocycles. The molecule has 170 valence electrons. The van der Waals surface area contributed by atoms with E-state index in [0.717, 1.165) is 16.9 Å². The molecule has 1 heterocycles.